The Morgan fingerprint density at radius 1 is 1.28 bits per heavy atom. The lowest BCUT2D eigenvalue weighted by Crippen LogP contribution is -2.31. The summed E-state index contributed by atoms with van der Waals surface area (Å²) in [5.74, 6) is 1.16. The summed E-state index contributed by atoms with van der Waals surface area (Å²) in [5, 5.41) is 4.57. The Balaban J connectivity index is 1.66. The fourth-order valence-electron chi connectivity index (χ4n) is 1.88. The van der Waals surface area contributed by atoms with E-state index in [4.69, 9.17) is 0 Å². The third-order valence-electron chi connectivity index (χ3n) is 3.01. The van der Waals surface area contributed by atoms with Crippen molar-refractivity contribution in [1.82, 2.24) is 5.32 Å². The summed E-state index contributed by atoms with van der Waals surface area (Å²) in [6.07, 6.45) is 2.30. The number of hydrogen-bond acceptors (Lipinski definition) is 3. The van der Waals surface area contributed by atoms with Gasteiger partial charge in [-0.3, -0.25) is 4.99 Å². The zero-order valence-electron chi connectivity index (χ0n) is 11.3. The largest absolute Gasteiger partial charge is 0.365 e. The van der Waals surface area contributed by atoms with E-state index in [9.17, 15) is 0 Å². The average Bonchev–Trinajstić information content (AvgIpc) is 2.37. The van der Waals surface area contributed by atoms with Crippen molar-refractivity contribution in [2.45, 2.75) is 26.7 Å². The monoisotopic (exact) mass is 262 g/mol. The molecule has 1 aliphatic heterocycles. The Labute approximate surface area is 114 Å². The minimum Gasteiger partial charge on any atom is -0.365 e. The number of aliphatic imine (C=N–C) groups is 1. The van der Waals surface area contributed by atoms with Crippen molar-refractivity contribution in [3.05, 3.63) is 35.9 Å². The molecule has 0 saturated heterocycles. The van der Waals surface area contributed by atoms with Crippen LogP contribution in [0.3, 0.4) is 0 Å². The van der Waals surface area contributed by atoms with Gasteiger partial charge in [-0.05, 0) is 23.8 Å². The van der Waals surface area contributed by atoms with Crippen molar-refractivity contribution in [1.29, 1.82) is 0 Å². The predicted molar refractivity (Wildman–Crippen MR) is 81.3 cm³/mol. The second-order valence-corrected chi connectivity index (χ2v) is 6.55. The topological polar surface area (TPSA) is 24.4 Å². The minimum atomic E-state index is 0.361. The van der Waals surface area contributed by atoms with Gasteiger partial charge in [0.1, 0.15) is 0 Å². The van der Waals surface area contributed by atoms with Crippen molar-refractivity contribution < 1.29 is 0 Å². The third kappa shape index (κ3) is 4.37. The van der Waals surface area contributed by atoms with E-state index >= 15 is 0 Å². The van der Waals surface area contributed by atoms with Crippen LogP contribution >= 0.6 is 11.8 Å². The molecule has 0 saturated carbocycles. The maximum absolute atomic E-state index is 4.60. The number of nitrogens with one attached hydrogen (secondary N) is 1. The standard InChI is InChI=1S/C15H22N2S/c1-15(2)11-17-14(18-12-15)16-10-6-9-13-7-4-3-5-8-13/h3-5,7-8H,6,9-12H2,1-2H3,(H,16,17). The lowest BCUT2D eigenvalue weighted by Gasteiger charge is -2.27. The number of nitrogens with zero attached hydrogens (tertiary/aromatic N) is 1. The summed E-state index contributed by atoms with van der Waals surface area (Å²) in [5.41, 5.74) is 1.78. The summed E-state index contributed by atoms with van der Waals surface area (Å²) in [6, 6.07) is 10.7. The molecule has 2 rings (SSSR count). The van der Waals surface area contributed by atoms with E-state index in [-0.39, 0.29) is 0 Å². The summed E-state index contributed by atoms with van der Waals surface area (Å²) in [4.78, 5) is 4.60. The molecule has 1 heterocycles. The van der Waals surface area contributed by atoms with E-state index in [2.05, 4.69) is 54.5 Å². The number of aryl methyl sites for hydroxylation is 1. The third-order valence-corrected chi connectivity index (χ3v) is 4.48. The van der Waals surface area contributed by atoms with Crippen molar-refractivity contribution in [2.24, 2.45) is 10.4 Å². The molecule has 18 heavy (non-hydrogen) atoms. The van der Waals surface area contributed by atoms with Crippen LogP contribution in [0.5, 0.6) is 0 Å². The number of rotatable bonds is 4. The molecule has 1 aromatic rings. The highest BCUT2D eigenvalue weighted by Gasteiger charge is 2.22. The molecule has 0 spiro atoms. The van der Waals surface area contributed by atoms with Crippen LogP contribution in [0.1, 0.15) is 25.8 Å². The Morgan fingerprint density at radius 3 is 2.72 bits per heavy atom. The summed E-state index contributed by atoms with van der Waals surface area (Å²) in [7, 11) is 0. The molecule has 0 unspecified atom stereocenters. The van der Waals surface area contributed by atoms with E-state index in [0.29, 0.717) is 5.41 Å². The fraction of sp³-hybridized carbons (Fsp3) is 0.533. The van der Waals surface area contributed by atoms with E-state index in [1.807, 2.05) is 11.8 Å². The number of benzene rings is 1. The van der Waals surface area contributed by atoms with Gasteiger partial charge in [0.25, 0.3) is 0 Å². The van der Waals surface area contributed by atoms with E-state index < -0.39 is 0 Å². The number of hydrogen-bond donors (Lipinski definition) is 1. The van der Waals surface area contributed by atoms with Crippen molar-refractivity contribution >= 4 is 16.9 Å². The Bertz CT molecular complexity index is 398. The molecule has 2 nitrogen and oxygen atoms in total. The lowest BCUT2D eigenvalue weighted by atomic mass is 9.97. The SMILES string of the molecule is CC1(C)CN=C(NCCCc2ccccc2)SC1. The van der Waals surface area contributed by atoms with Crippen LogP contribution in [0, 0.1) is 5.41 Å². The van der Waals surface area contributed by atoms with E-state index in [1.165, 1.54) is 5.56 Å². The highest BCUT2D eigenvalue weighted by Crippen LogP contribution is 2.26. The molecule has 0 amide bonds. The van der Waals surface area contributed by atoms with Gasteiger partial charge in [-0.2, -0.15) is 0 Å². The predicted octanol–water partition coefficient (Wildman–Crippen LogP) is 3.34. The molecule has 1 N–H and O–H groups in total. The number of amidine groups is 1. The van der Waals surface area contributed by atoms with Gasteiger partial charge in [0.15, 0.2) is 5.17 Å². The molecular formula is C15H22N2S. The van der Waals surface area contributed by atoms with Gasteiger partial charge in [0, 0.05) is 18.8 Å². The van der Waals surface area contributed by atoms with Gasteiger partial charge in [0.05, 0.1) is 0 Å². The first-order valence-corrected chi connectivity index (χ1v) is 7.59. The first kappa shape index (κ1) is 13.5. The molecule has 0 atom stereocenters. The van der Waals surface area contributed by atoms with E-state index in [1.54, 1.807) is 0 Å². The summed E-state index contributed by atoms with van der Waals surface area (Å²) < 4.78 is 0. The molecule has 0 aromatic heterocycles. The van der Waals surface area contributed by atoms with Crippen LogP contribution in [-0.2, 0) is 6.42 Å². The molecule has 3 heteroatoms. The van der Waals surface area contributed by atoms with Gasteiger partial charge >= 0.3 is 0 Å². The molecule has 1 aromatic carbocycles. The molecular weight excluding hydrogens is 240 g/mol. The van der Waals surface area contributed by atoms with Crippen molar-refractivity contribution in [3.63, 3.8) is 0 Å². The average molecular weight is 262 g/mol. The zero-order valence-corrected chi connectivity index (χ0v) is 12.1. The normalized spacial score (nSPS) is 18.2. The van der Waals surface area contributed by atoms with Crippen LogP contribution in [0.25, 0.3) is 0 Å². The maximum atomic E-state index is 4.60. The van der Waals surface area contributed by atoms with Gasteiger partial charge in [-0.25, -0.2) is 0 Å². The minimum absolute atomic E-state index is 0.361. The lowest BCUT2D eigenvalue weighted by molar-refractivity contribution is 0.436. The van der Waals surface area contributed by atoms with E-state index in [0.717, 1.165) is 36.9 Å². The molecule has 1 aliphatic rings. The number of thioether (sulfide) groups is 1. The van der Waals surface area contributed by atoms with Crippen molar-refractivity contribution in [2.75, 3.05) is 18.8 Å². The van der Waals surface area contributed by atoms with Crippen LogP contribution in [0.2, 0.25) is 0 Å². The quantitative estimate of drug-likeness (QED) is 0.842. The second kappa shape index (κ2) is 6.28. The maximum Gasteiger partial charge on any atom is 0.156 e. The van der Waals surface area contributed by atoms with Crippen LogP contribution in [0.4, 0.5) is 0 Å². The fourth-order valence-corrected chi connectivity index (χ4v) is 2.86. The highest BCUT2D eigenvalue weighted by atomic mass is 32.2. The summed E-state index contributed by atoms with van der Waals surface area (Å²) >= 11 is 1.86. The molecule has 98 valence electrons. The second-order valence-electron chi connectivity index (χ2n) is 5.59. The smallest absolute Gasteiger partial charge is 0.156 e. The van der Waals surface area contributed by atoms with Gasteiger partial charge in [0.2, 0.25) is 0 Å². The Hall–Kier alpha value is -0.960. The van der Waals surface area contributed by atoms with Crippen LogP contribution in [-0.4, -0.2) is 24.0 Å². The first-order valence-electron chi connectivity index (χ1n) is 6.61. The zero-order chi connectivity index (χ0) is 12.8. The molecule has 0 radical (unpaired) electrons. The molecule has 0 bridgehead atoms. The molecule has 0 fully saturated rings. The first-order chi connectivity index (χ1) is 8.66. The van der Waals surface area contributed by atoms with Gasteiger partial charge in [-0.15, -0.1) is 0 Å². The van der Waals surface area contributed by atoms with Gasteiger partial charge < -0.3 is 5.32 Å². The summed E-state index contributed by atoms with van der Waals surface area (Å²) in [6.45, 7) is 6.51. The van der Waals surface area contributed by atoms with Crippen molar-refractivity contribution in [3.8, 4) is 0 Å². The van der Waals surface area contributed by atoms with Crippen LogP contribution < -0.4 is 5.32 Å². The Kier molecular flexibility index (Phi) is 4.70. The Morgan fingerprint density at radius 2 is 2.06 bits per heavy atom. The van der Waals surface area contributed by atoms with Gasteiger partial charge in [-0.1, -0.05) is 55.9 Å². The van der Waals surface area contributed by atoms with Crippen LogP contribution in [0.15, 0.2) is 35.3 Å². The highest BCUT2D eigenvalue weighted by molar-refractivity contribution is 8.13. The molecule has 0 aliphatic carbocycles.